The molecule has 122 valence electrons. The predicted octanol–water partition coefficient (Wildman–Crippen LogP) is 1.43. The molecule has 1 saturated carbocycles. The van der Waals surface area contributed by atoms with E-state index in [1.807, 2.05) is 0 Å². The molecule has 22 heavy (non-hydrogen) atoms. The van der Waals surface area contributed by atoms with Gasteiger partial charge in [-0.3, -0.25) is 4.98 Å². The molecule has 0 aliphatic heterocycles. The van der Waals surface area contributed by atoms with Crippen molar-refractivity contribution in [2.24, 2.45) is 16.5 Å². The molecule has 7 nitrogen and oxygen atoms in total. The third-order valence-corrected chi connectivity index (χ3v) is 2.63. The lowest BCUT2D eigenvalue weighted by molar-refractivity contribution is -0.0966. The molecule has 0 bridgehead atoms. The SMILES string of the molecule is NC(/C=C(\N)OC(F)F)=Nc1cnccn1.OC1CCCC1. The molecule has 0 radical (unpaired) electrons. The summed E-state index contributed by atoms with van der Waals surface area (Å²) in [4.78, 5) is 11.3. The molecule has 0 spiro atoms. The highest BCUT2D eigenvalue weighted by molar-refractivity contribution is 5.93. The van der Waals surface area contributed by atoms with Crippen molar-refractivity contribution in [3.63, 3.8) is 0 Å². The van der Waals surface area contributed by atoms with Crippen molar-refractivity contribution in [1.82, 2.24) is 9.97 Å². The van der Waals surface area contributed by atoms with Crippen LogP contribution in [0.2, 0.25) is 0 Å². The molecule has 0 amide bonds. The average molecular weight is 315 g/mol. The van der Waals surface area contributed by atoms with Crippen LogP contribution in [-0.4, -0.2) is 33.6 Å². The number of aromatic nitrogens is 2. The average Bonchev–Trinajstić information content (AvgIpc) is 2.90. The summed E-state index contributed by atoms with van der Waals surface area (Å²) in [5.74, 6) is -0.403. The van der Waals surface area contributed by atoms with E-state index in [9.17, 15) is 8.78 Å². The lowest BCUT2D eigenvalue weighted by Crippen LogP contribution is -2.14. The minimum atomic E-state index is -3.00. The quantitative estimate of drug-likeness (QED) is 0.439. The van der Waals surface area contributed by atoms with E-state index in [1.165, 1.54) is 31.4 Å². The largest absolute Gasteiger partial charge is 0.419 e. The number of aliphatic hydroxyl groups is 1. The first-order valence-electron chi connectivity index (χ1n) is 6.67. The second kappa shape index (κ2) is 9.61. The number of alkyl halides is 2. The summed E-state index contributed by atoms with van der Waals surface area (Å²) < 4.78 is 27.3. The van der Waals surface area contributed by atoms with Crippen LogP contribution < -0.4 is 11.5 Å². The summed E-state index contributed by atoms with van der Waals surface area (Å²) in [5.41, 5.74) is 10.5. The lowest BCUT2D eigenvalue weighted by atomic mass is 10.3. The van der Waals surface area contributed by atoms with Gasteiger partial charge in [-0.05, 0) is 12.8 Å². The van der Waals surface area contributed by atoms with E-state index < -0.39 is 12.5 Å². The normalized spacial score (nSPS) is 16.4. The van der Waals surface area contributed by atoms with E-state index in [0.717, 1.165) is 18.9 Å². The highest BCUT2D eigenvalue weighted by Crippen LogP contribution is 2.16. The van der Waals surface area contributed by atoms with Crippen LogP contribution in [0.5, 0.6) is 0 Å². The summed E-state index contributed by atoms with van der Waals surface area (Å²) in [7, 11) is 0. The smallest absolute Gasteiger partial charge is 0.388 e. The number of nitrogens with zero attached hydrogens (tertiary/aromatic N) is 3. The Bertz CT molecular complexity index is 490. The van der Waals surface area contributed by atoms with Gasteiger partial charge in [-0.1, -0.05) is 12.8 Å². The van der Waals surface area contributed by atoms with Crippen molar-refractivity contribution >= 4 is 11.7 Å². The molecule has 5 N–H and O–H groups in total. The Kier molecular flexibility index (Phi) is 7.76. The summed E-state index contributed by atoms with van der Waals surface area (Å²) >= 11 is 0. The van der Waals surface area contributed by atoms with Crippen LogP contribution in [0.4, 0.5) is 14.6 Å². The third kappa shape index (κ3) is 8.10. The minimum Gasteiger partial charge on any atom is -0.419 e. The van der Waals surface area contributed by atoms with Crippen LogP contribution in [0.25, 0.3) is 0 Å². The number of aliphatic imine (C=N–C) groups is 1. The molecule has 0 unspecified atom stereocenters. The molecule has 0 saturated heterocycles. The van der Waals surface area contributed by atoms with Crippen LogP contribution >= 0.6 is 0 Å². The van der Waals surface area contributed by atoms with E-state index in [2.05, 4.69) is 19.7 Å². The van der Waals surface area contributed by atoms with Crippen molar-refractivity contribution in [2.45, 2.75) is 38.4 Å². The molecular formula is C13H19F2N5O2. The summed E-state index contributed by atoms with van der Waals surface area (Å²) in [6.07, 6.45) is 9.78. The summed E-state index contributed by atoms with van der Waals surface area (Å²) in [6.45, 7) is -3.00. The minimum absolute atomic E-state index is 0.0463. The number of ether oxygens (including phenoxy) is 1. The van der Waals surface area contributed by atoms with Gasteiger partial charge in [-0.15, -0.1) is 0 Å². The van der Waals surface area contributed by atoms with Gasteiger partial charge in [-0.2, -0.15) is 8.78 Å². The number of halogens is 2. The fourth-order valence-electron chi connectivity index (χ4n) is 1.70. The molecule has 1 aromatic heterocycles. The fourth-order valence-corrected chi connectivity index (χ4v) is 1.70. The first-order chi connectivity index (χ1) is 10.5. The zero-order valence-corrected chi connectivity index (χ0v) is 11.9. The Morgan fingerprint density at radius 2 is 2.05 bits per heavy atom. The molecule has 1 fully saturated rings. The first-order valence-corrected chi connectivity index (χ1v) is 6.67. The number of amidine groups is 1. The standard InChI is InChI=1S/C8H9F2N5O.C5H10O/c9-8(10)16-6(12)3-5(11)15-7-4-13-1-2-14-7;6-5-3-1-2-4-5/h1-4,8H,12H2,(H2,11,14,15);5-6H,1-4H2/b6-3+;. The molecule has 0 atom stereocenters. The second-order valence-electron chi connectivity index (χ2n) is 4.46. The highest BCUT2D eigenvalue weighted by atomic mass is 19.3. The van der Waals surface area contributed by atoms with Gasteiger partial charge in [0.25, 0.3) is 0 Å². The predicted molar refractivity (Wildman–Crippen MR) is 77.1 cm³/mol. The van der Waals surface area contributed by atoms with E-state index >= 15 is 0 Å². The molecule has 1 aliphatic carbocycles. The first kappa shape index (κ1) is 17.8. The van der Waals surface area contributed by atoms with Crippen molar-refractivity contribution in [3.8, 4) is 0 Å². The van der Waals surface area contributed by atoms with Gasteiger partial charge >= 0.3 is 6.61 Å². The zero-order valence-electron chi connectivity index (χ0n) is 11.9. The maximum atomic E-state index is 11.7. The van der Waals surface area contributed by atoms with E-state index in [-0.39, 0.29) is 17.8 Å². The van der Waals surface area contributed by atoms with E-state index in [0.29, 0.717) is 0 Å². The van der Waals surface area contributed by atoms with Gasteiger partial charge in [0.1, 0.15) is 5.84 Å². The van der Waals surface area contributed by atoms with Gasteiger partial charge < -0.3 is 21.3 Å². The van der Waals surface area contributed by atoms with Crippen LogP contribution in [0.15, 0.2) is 35.5 Å². The Balaban J connectivity index is 0.000000335. The maximum absolute atomic E-state index is 11.7. The molecule has 1 heterocycles. The monoisotopic (exact) mass is 315 g/mol. The molecular weight excluding hydrogens is 296 g/mol. The van der Waals surface area contributed by atoms with E-state index in [4.69, 9.17) is 16.6 Å². The van der Waals surface area contributed by atoms with Crippen molar-refractivity contribution in [1.29, 1.82) is 0 Å². The number of hydrogen-bond acceptors (Lipinski definition) is 6. The van der Waals surface area contributed by atoms with Gasteiger partial charge in [0.05, 0.1) is 12.3 Å². The molecule has 1 aromatic rings. The van der Waals surface area contributed by atoms with Gasteiger partial charge in [0.15, 0.2) is 11.7 Å². The highest BCUT2D eigenvalue weighted by Gasteiger charge is 2.09. The number of hydrogen-bond donors (Lipinski definition) is 3. The van der Waals surface area contributed by atoms with Crippen LogP contribution in [-0.2, 0) is 4.74 Å². The summed E-state index contributed by atoms with van der Waals surface area (Å²) in [5, 5.41) is 8.73. The Hall–Kier alpha value is -2.29. The van der Waals surface area contributed by atoms with Gasteiger partial charge in [0, 0.05) is 18.5 Å². The summed E-state index contributed by atoms with van der Waals surface area (Å²) in [6, 6.07) is 0. The van der Waals surface area contributed by atoms with Crippen LogP contribution in [0.3, 0.4) is 0 Å². The van der Waals surface area contributed by atoms with Crippen molar-refractivity contribution in [3.05, 3.63) is 30.5 Å². The van der Waals surface area contributed by atoms with Crippen LogP contribution in [0.1, 0.15) is 25.7 Å². The molecule has 1 aliphatic rings. The van der Waals surface area contributed by atoms with Gasteiger partial charge in [-0.25, -0.2) is 9.98 Å². The number of aliphatic hydroxyl groups excluding tert-OH is 1. The lowest BCUT2D eigenvalue weighted by Gasteiger charge is -2.02. The number of rotatable bonds is 4. The number of nitrogens with two attached hydrogens (primary N) is 2. The Labute approximate surface area is 126 Å². The zero-order chi connectivity index (χ0) is 16.4. The third-order valence-electron chi connectivity index (χ3n) is 2.63. The fraction of sp³-hybridized carbons (Fsp3) is 0.462. The topological polar surface area (TPSA) is 120 Å². The van der Waals surface area contributed by atoms with Crippen molar-refractivity contribution in [2.75, 3.05) is 0 Å². The Morgan fingerprint density at radius 3 is 2.50 bits per heavy atom. The maximum Gasteiger partial charge on any atom is 0.388 e. The van der Waals surface area contributed by atoms with E-state index in [1.54, 1.807) is 0 Å². The molecule has 2 rings (SSSR count). The van der Waals surface area contributed by atoms with Crippen LogP contribution in [0, 0.1) is 0 Å². The second-order valence-corrected chi connectivity index (χ2v) is 4.46. The Morgan fingerprint density at radius 1 is 1.36 bits per heavy atom. The molecule has 9 heteroatoms. The molecule has 0 aromatic carbocycles. The van der Waals surface area contributed by atoms with Crippen molar-refractivity contribution < 1.29 is 18.6 Å². The van der Waals surface area contributed by atoms with Gasteiger partial charge in [0.2, 0.25) is 0 Å².